The molecular weight excluding hydrogens is 200 g/mol. The zero-order chi connectivity index (χ0) is 11.0. The number of fused-ring (bicyclic) bond motifs is 1. The molecule has 1 aromatic carbocycles. The fraction of sp³-hybridized carbons (Fsp3) is 0.111. The molecule has 0 fully saturated rings. The van der Waals surface area contributed by atoms with Crippen LogP contribution in [0, 0.1) is 0 Å². The second-order valence-corrected chi connectivity index (χ2v) is 3.05. The molecule has 0 saturated heterocycles. The Labute approximate surface area is 84.7 Å². The van der Waals surface area contributed by atoms with Crippen molar-refractivity contribution in [1.82, 2.24) is 0 Å². The Morgan fingerprint density at radius 3 is 2.67 bits per heavy atom. The van der Waals surface area contributed by atoms with Crippen molar-refractivity contribution in [2.24, 2.45) is 0 Å². The Bertz CT molecular complexity index is 444. The molecule has 3 N–H and O–H groups in total. The number of para-hydroxylation sites is 1. The van der Waals surface area contributed by atoms with Gasteiger partial charge in [-0.1, -0.05) is 6.07 Å². The Morgan fingerprint density at radius 2 is 2.07 bits per heavy atom. The standard InChI is InChI=1S/C9H8N2O4/c12-8(13)5-2-1-3-6-7(5)10-4-11(6)9(14)15/h1-3,10H,4H2,(H,12,13)(H,14,15). The molecule has 6 heteroatoms. The van der Waals surface area contributed by atoms with Crippen LogP contribution >= 0.6 is 0 Å². The van der Waals surface area contributed by atoms with Crippen molar-refractivity contribution in [3.8, 4) is 0 Å². The molecule has 0 unspecified atom stereocenters. The Morgan fingerprint density at radius 1 is 1.33 bits per heavy atom. The lowest BCUT2D eigenvalue weighted by atomic mass is 10.1. The van der Waals surface area contributed by atoms with Crippen LogP contribution < -0.4 is 10.2 Å². The van der Waals surface area contributed by atoms with Crippen LogP contribution in [0.1, 0.15) is 10.4 Å². The van der Waals surface area contributed by atoms with Crippen LogP contribution in [0.25, 0.3) is 0 Å². The van der Waals surface area contributed by atoms with Crippen LogP contribution in [0.5, 0.6) is 0 Å². The topological polar surface area (TPSA) is 89.9 Å². The number of carboxylic acid groups (broad SMARTS) is 2. The first-order chi connectivity index (χ1) is 7.11. The summed E-state index contributed by atoms with van der Waals surface area (Å²) in [7, 11) is 0. The smallest absolute Gasteiger partial charge is 0.413 e. The van der Waals surface area contributed by atoms with Gasteiger partial charge in [0, 0.05) is 0 Å². The summed E-state index contributed by atoms with van der Waals surface area (Å²) in [5.74, 6) is -1.08. The Balaban J connectivity index is 2.52. The zero-order valence-corrected chi connectivity index (χ0v) is 7.60. The number of nitrogens with zero attached hydrogens (tertiary/aromatic N) is 1. The van der Waals surface area contributed by atoms with Crippen molar-refractivity contribution in [1.29, 1.82) is 0 Å². The van der Waals surface area contributed by atoms with Crippen molar-refractivity contribution in [3.05, 3.63) is 23.8 Å². The predicted octanol–water partition coefficient (Wildman–Crippen LogP) is 1.25. The van der Waals surface area contributed by atoms with E-state index in [0.29, 0.717) is 11.4 Å². The molecule has 1 aliphatic rings. The lowest BCUT2D eigenvalue weighted by Gasteiger charge is -2.10. The molecule has 1 heterocycles. The minimum atomic E-state index is -1.11. The largest absolute Gasteiger partial charge is 0.478 e. The molecule has 0 spiro atoms. The lowest BCUT2D eigenvalue weighted by molar-refractivity contribution is 0.0698. The third-order valence-electron chi connectivity index (χ3n) is 2.21. The predicted molar refractivity (Wildman–Crippen MR) is 52.4 cm³/mol. The van der Waals surface area contributed by atoms with Gasteiger partial charge in [-0.2, -0.15) is 0 Å². The van der Waals surface area contributed by atoms with Gasteiger partial charge in [0.1, 0.15) is 0 Å². The van der Waals surface area contributed by atoms with Gasteiger partial charge >= 0.3 is 12.1 Å². The number of rotatable bonds is 1. The van der Waals surface area contributed by atoms with E-state index >= 15 is 0 Å². The first-order valence-corrected chi connectivity index (χ1v) is 4.22. The van der Waals surface area contributed by atoms with Gasteiger partial charge in [0.15, 0.2) is 0 Å². The molecule has 2 rings (SSSR count). The molecule has 78 valence electrons. The highest BCUT2D eigenvalue weighted by Crippen LogP contribution is 2.34. The number of benzene rings is 1. The summed E-state index contributed by atoms with van der Waals surface area (Å²) in [6, 6.07) is 4.51. The van der Waals surface area contributed by atoms with Crippen LogP contribution in [-0.2, 0) is 0 Å². The number of anilines is 2. The summed E-state index contributed by atoms with van der Waals surface area (Å²) in [5.41, 5.74) is 0.811. The summed E-state index contributed by atoms with van der Waals surface area (Å²) >= 11 is 0. The summed E-state index contributed by atoms with van der Waals surface area (Å²) in [6.45, 7) is 0.0783. The Hall–Kier alpha value is -2.24. The normalized spacial score (nSPS) is 13.2. The first kappa shape index (κ1) is 9.32. The van der Waals surface area contributed by atoms with Crippen molar-refractivity contribution in [3.63, 3.8) is 0 Å². The summed E-state index contributed by atoms with van der Waals surface area (Å²) in [6.07, 6.45) is -1.11. The molecule has 0 aromatic heterocycles. The number of amides is 1. The first-order valence-electron chi connectivity index (χ1n) is 4.22. The van der Waals surface area contributed by atoms with Gasteiger partial charge < -0.3 is 15.5 Å². The molecule has 0 saturated carbocycles. The monoisotopic (exact) mass is 208 g/mol. The third-order valence-corrected chi connectivity index (χ3v) is 2.21. The molecule has 1 aromatic rings. The number of hydrogen-bond donors (Lipinski definition) is 3. The fourth-order valence-corrected chi connectivity index (χ4v) is 1.54. The van der Waals surface area contributed by atoms with Gasteiger partial charge in [0.05, 0.1) is 23.6 Å². The highest BCUT2D eigenvalue weighted by atomic mass is 16.4. The van der Waals surface area contributed by atoms with Crippen LogP contribution in [0.2, 0.25) is 0 Å². The second kappa shape index (κ2) is 3.16. The second-order valence-electron chi connectivity index (χ2n) is 3.05. The van der Waals surface area contributed by atoms with E-state index in [0.717, 1.165) is 4.90 Å². The average molecular weight is 208 g/mol. The average Bonchev–Trinajstić information content (AvgIpc) is 2.59. The maximum absolute atomic E-state index is 10.8. The fourth-order valence-electron chi connectivity index (χ4n) is 1.54. The lowest BCUT2D eigenvalue weighted by Crippen LogP contribution is -2.28. The van der Waals surface area contributed by atoms with Gasteiger partial charge in [-0.15, -0.1) is 0 Å². The highest BCUT2D eigenvalue weighted by molar-refractivity contribution is 6.03. The van der Waals surface area contributed by atoms with E-state index in [1.165, 1.54) is 12.1 Å². The van der Waals surface area contributed by atoms with Crippen LogP contribution in [0.4, 0.5) is 16.2 Å². The van der Waals surface area contributed by atoms with Crippen molar-refractivity contribution in [2.45, 2.75) is 0 Å². The molecule has 6 nitrogen and oxygen atoms in total. The van der Waals surface area contributed by atoms with E-state index in [1.54, 1.807) is 6.07 Å². The van der Waals surface area contributed by atoms with E-state index in [4.69, 9.17) is 10.2 Å². The van der Waals surface area contributed by atoms with Gasteiger partial charge in [-0.25, -0.2) is 9.59 Å². The Kier molecular flexibility index (Phi) is 1.96. The molecular formula is C9H8N2O4. The SMILES string of the molecule is O=C(O)c1cccc2c1NCN2C(=O)O. The van der Waals surface area contributed by atoms with E-state index in [-0.39, 0.29) is 12.2 Å². The summed E-state index contributed by atoms with van der Waals surface area (Å²) in [5, 5.41) is 20.4. The van der Waals surface area contributed by atoms with Gasteiger partial charge in [0.25, 0.3) is 0 Å². The van der Waals surface area contributed by atoms with Gasteiger partial charge in [-0.3, -0.25) is 4.90 Å². The molecule has 0 radical (unpaired) electrons. The summed E-state index contributed by atoms with van der Waals surface area (Å²) in [4.78, 5) is 22.7. The van der Waals surface area contributed by atoms with Crippen molar-refractivity contribution in [2.75, 3.05) is 16.9 Å². The van der Waals surface area contributed by atoms with Gasteiger partial charge in [-0.05, 0) is 12.1 Å². The van der Waals surface area contributed by atoms with E-state index in [2.05, 4.69) is 5.32 Å². The van der Waals surface area contributed by atoms with Crippen LogP contribution in [0.15, 0.2) is 18.2 Å². The molecule has 1 amide bonds. The minimum Gasteiger partial charge on any atom is -0.478 e. The third kappa shape index (κ3) is 1.35. The number of hydrogen-bond acceptors (Lipinski definition) is 3. The minimum absolute atomic E-state index is 0.0783. The maximum atomic E-state index is 10.8. The molecule has 0 atom stereocenters. The van der Waals surface area contributed by atoms with E-state index in [9.17, 15) is 9.59 Å². The molecule has 1 aliphatic heterocycles. The number of carbonyl (C=O) groups is 2. The number of aromatic carboxylic acids is 1. The maximum Gasteiger partial charge on any atom is 0.413 e. The molecule has 15 heavy (non-hydrogen) atoms. The van der Waals surface area contributed by atoms with Crippen molar-refractivity contribution >= 4 is 23.4 Å². The summed E-state index contributed by atoms with van der Waals surface area (Å²) < 4.78 is 0. The highest BCUT2D eigenvalue weighted by Gasteiger charge is 2.27. The molecule has 0 bridgehead atoms. The van der Waals surface area contributed by atoms with Gasteiger partial charge in [0.2, 0.25) is 0 Å². The number of nitrogens with one attached hydrogen (secondary N) is 1. The van der Waals surface area contributed by atoms with Crippen LogP contribution in [0.3, 0.4) is 0 Å². The van der Waals surface area contributed by atoms with E-state index in [1.807, 2.05) is 0 Å². The van der Waals surface area contributed by atoms with Crippen LogP contribution in [-0.4, -0.2) is 28.9 Å². The molecule has 0 aliphatic carbocycles. The quantitative estimate of drug-likeness (QED) is 0.646. The van der Waals surface area contributed by atoms with Crippen molar-refractivity contribution < 1.29 is 19.8 Å². The zero-order valence-electron chi connectivity index (χ0n) is 7.60. The number of carboxylic acids is 1. The van der Waals surface area contributed by atoms with E-state index < -0.39 is 12.1 Å².